The number of anilines is 2. The standard InChI is InChI=1S/C10H17N3S/c1-3-14-7-6-13(2)10-4-5-12-8-9(10)11/h4-5,8H,3,6-7,11H2,1-2H3. The molecule has 78 valence electrons. The second kappa shape index (κ2) is 5.75. The molecule has 0 fully saturated rings. The van der Waals surface area contributed by atoms with Crippen LogP contribution in [0.5, 0.6) is 0 Å². The van der Waals surface area contributed by atoms with Gasteiger partial charge >= 0.3 is 0 Å². The van der Waals surface area contributed by atoms with Gasteiger partial charge in [-0.05, 0) is 11.8 Å². The Kier molecular flexibility index (Phi) is 4.59. The summed E-state index contributed by atoms with van der Waals surface area (Å²) in [6, 6.07) is 1.95. The molecule has 0 unspecified atom stereocenters. The van der Waals surface area contributed by atoms with Crippen LogP contribution in [-0.4, -0.2) is 30.1 Å². The number of rotatable bonds is 5. The third-order valence-electron chi connectivity index (χ3n) is 2.01. The first kappa shape index (κ1) is 11.2. The van der Waals surface area contributed by atoms with E-state index < -0.39 is 0 Å². The molecule has 0 aliphatic carbocycles. The Morgan fingerprint density at radius 3 is 3.00 bits per heavy atom. The summed E-state index contributed by atoms with van der Waals surface area (Å²) in [6.45, 7) is 3.19. The van der Waals surface area contributed by atoms with Crippen molar-refractivity contribution in [3.63, 3.8) is 0 Å². The zero-order chi connectivity index (χ0) is 10.4. The maximum atomic E-state index is 5.81. The minimum Gasteiger partial charge on any atom is -0.396 e. The van der Waals surface area contributed by atoms with Gasteiger partial charge in [-0.1, -0.05) is 6.92 Å². The van der Waals surface area contributed by atoms with Crippen molar-refractivity contribution in [1.29, 1.82) is 0 Å². The first-order valence-electron chi connectivity index (χ1n) is 4.74. The molecule has 0 bridgehead atoms. The highest BCUT2D eigenvalue weighted by atomic mass is 32.2. The van der Waals surface area contributed by atoms with Gasteiger partial charge in [-0.15, -0.1) is 0 Å². The molecule has 0 atom stereocenters. The van der Waals surface area contributed by atoms with E-state index in [9.17, 15) is 0 Å². The number of nitrogens with zero attached hydrogens (tertiary/aromatic N) is 2. The molecule has 1 aromatic rings. The van der Waals surface area contributed by atoms with Crippen molar-refractivity contribution in [2.24, 2.45) is 0 Å². The van der Waals surface area contributed by atoms with E-state index in [0.717, 1.165) is 23.7 Å². The molecule has 0 aliphatic rings. The number of pyridine rings is 1. The van der Waals surface area contributed by atoms with Gasteiger partial charge in [-0.3, -0.25) is 4.98 Å². The first-order valence-corrected chi connectivity index (χ1v) is 5.89. The summed E-state index contributed by atoms with van der Waals surface area (Å²) in [7, 11) is 2.06. The van der Waals surface area contributed by atoms with Crippen molar-refractivity contribution in [1.82, 2.24) is 4.98 Å². The fraction of sp³-hybridized carbons (Fsp3) is 0.500. The number of nitrogen functional groups attached to an aromatic ring is 1. The zero-order valence-corrected chi connectivity index (χ0v) is 9.55. The molecule has 1 heterocycles. The van der Waals surface area contributed by atoms with Crippen molar-refractivity contribution in [2.75, 3.05) is 35.7 Å². The summed E-state index contributed by atoms with van der Waals surface area (Å²) < 4.78 is 0. The molecule has 3 nitrogen and oxygen atoms in total. The number of hydrogen-bond donors (Lipinski definition) is 1. The third kappa shape index (κ3) is 3.10. The Hall–Kier alpha value is -0.900. The van der Waals surface area contributed by atoms with E-state index in [2.05, 4.69) is 23.9 Å². The fourth-order valence-electron chi connectivity index (χ4n) is 1.21. The molecule has 0 aromatic carbocycles. The van der Waals surface area contributed by atoms with Gasteiger partial charge in [0.05, 0.1) is 17.6 Å². The molecule has 0 amide bonds. The summed E-state index contributed by atoms with van der Waals surface area (Å²) in [5.74, 6) is 2.30. The van der Waals surface area contributed by atoms with Crippen LogP contribution < -0.4 is 10.6 Å². The van der Waals surface area contributed by atoms with E-state index in [1.807, 2.05) is 17.8 Å². The lowest BCUT2D eigenvalue weighted by atomic mass is 10.3. The summed E-state index contributed by atoms with van der Waals surface area (Å²) in [4.78, 5) is 6.13. The Morgan fingerprint density at radius 2 is 2.36 bits per heavy atom. The largest absolute Gasteiger partial charge is 0.396 e. The number of thioether (sulfide) groups is 1. The quantitative estimate of drug-likeness (QED) is 0.755. The fourth-order valence-corrected chi connectivity index (χ4v) is 1.90. The van der Waals surface area contributed by atoms with Crippen LogP contribution in [0.3, 0.4) is 0 Å². The maximum Gasteiger partial charge on any atom is 0.0738 e. The van der Waals surface area contributed by atoms with Crippen LogP contribution in [0.15, 0.2) is 18.5 Å². The van der Waals surface area contributed by atoms with E-state index in [-0.39, 0.29) is 0 Å². The maximum absolute atomic E-state index is 5.81. The highest BCUT2D eigenvalue weighted by Gasteiger charge is 2.03. The first-order chi connectivity index (χ1) is 6.75. The SMILES string of the molecule is CCSCCN(C)c1ccncc1N. The Labute approximate surface area is 89.7 Å². The average Bonchev–Trinajstić information content (AvgIpc) is 2.18. The Bertz CT molecular complexity index is 278. The topological polar surface area (TPSA) is 42.2 Å². The molecule has 4 heteroatoms. The normalized spacial score (nSPS) is 10.1. The van der Waals surface area contributed by atoms with Gasteiger partial charge in [0.1, 0.15) is 0 Å². The van der Waals surface area contributed by atoms with E-state index in [4.69, 9.17) is 5.73 Å². The van der Waals surface area contributed by atoms with Crippen molar-refractivity contribution in [3.8, 4) is 0 Å². The highest BCUT2D eigenvalue weighted by Crippen LogP contribution is 2.19. The number of nitrogens with two attached hydrogens (primary N) is 1. The van der Waals surface area contributed by atoms with Crippen LogP contribution in [0.25, 0.3) is 0 Å². The van der Waals surface area contributed by atoms with Crippen LogP contribution in [0.4, 0.5) is 11.4 Å². The predicted octanol–water partition coefficient (Wildman–Crippen LogP) is 1.85. The van der Waals surface area contributed by atoms with Gasteiger partial charge in [0.15, 0.2) is 0 Å². The molecule has 14 heavy (non-hydrogen) atoms. The van der Waals surface area contributed by atoms with Gasteiger partial charge in [-0.2, -0.15) is 11.8 Å². The summed E-state index contributed by atoms with van der Waals surface area (Å²) in [5.41, 5.74) is 7.63. The smallest absolute Gasteiger partial charge is 0.0738 e. The molecule has 0 saturated carbocycles. The van der Waals surface area contributed by atoms with Crippen LogP contribution in [0.1, 0.15) is 6.92 Å². The second-order valence-corrected chi connectivity index (χ2v) is 4.45. The molecule has 0 radical (unpaired) electrons. The van der Waals surface area contributed by atoms with Gasteiger partial charge in [0.2, 0.25) is 0 Å². The summed E-state index contributed by atoms with van der Waals surface area (Å²) in [6.07, 6.45) is 3.47. The van der Waals surface area contributed by atoms with E-state index in [1.165, 1.54) is 5.75 Å². The monoisotopic (exact) mass is 211 g/mol. The molecular formula is C10H17N3S. The van der Waals surface area contributed by atoms with Crippen molar-refractivity contribution >= 4 is 23.1 Å². The molecule has 0 aliphatic heterocycles. The van der Waals surface area contributed by atoms with E-state index >= 15 is 0 Å². The third-order valence-corrected chi connectivity index (χ3v) is 2.89. The molecule has 1 aromatic heterocycles. The Balaban J connectivity index is 2.51. The van der Waals surface area contributed by atoms with Crippen LogP contribution in [0, 0.1) is 0 Å². The van der Waals surface area contributed by atoms with Crippen molar-refractivity contribution in [2.45, 2.75) is 6.92 Å². The average molecular weight is 211 g/mol. The van der Waals surface area contributed by atoms with Gasteiger partial charge in [0, 0.05) is 25.5 Å². The minimum atomic E-state index is 0.747. The van der Waals surface area contributed by atoms with Crippen LogP contribution in [-0.2, 0) is 0 Å². The summed E-state index contributed by atoms with van der Waals surface area (Å²) in [5, 5.41) is 0. The second-order valence-electron chi connectivity index (χ2n) is 3.05. The molecular weight excluding hydrogens is 194 g/mol. The van der Waals surface area contributed by atoms with Crippen molar-refractivity contribution in [3.05, 3.63) is 18.5 Å². The molecule has 2 N–H and O–H groups in total. The summed E-state index contributed by atoms with van der Waals surface area (Å²) >= 11 is 1.94. The molecule has 1 rings (SSSR count). The van der Waals surface area contributed by atoms with Crippen LogP contribution >= 0.6 is 11.8 Å². The van der Waals surface area contributed by atoms with Crippen molar-refractivity contribution < 1.29 is 0 Å². The van der Waals surface area contributed by atoms with Crippen LogP contribution in [0.2, 0.25) is 0 Å². The lowest BCUT2D eigenvalue weighted by Gasteiger charge is -2.20. The highest BCUT2D eigenvalue weighted by molar-refractivity contribution is 7.99. The molecule has 0 saturated heterocycles. The Morgan fingerprint density at radius 1 is 1.57 bits per heavy atom. The van der Waals surface area contributed by atoms with Gasteiger partial charge in [-0.25, -0.2) is 0 Å². The van der Waals surface area contributed by atoms with E-state index in [1.54, 1.807) is 12.4 Å². The predicted molar refractivity (Wildman–Crippen MR) is 64.9 cm³/mol. The zero-order valence-electron chi connectivity index (χ0n) is 8.73. The minimum absolute atomic E-state index is 0.747. The number of hydrogen-bond acceptors (Lipinski definition) is 4. The number of aromatic nitrogens is 1. The van der Waals surface area contributed by atoms with Gasteiger partial charge < -0.3 is 10.6 Å². The van der Waals surface area contributed by atoms with E-state index in [0.29, 0.717) is 0 Å². The lowest BCUT2D eigenvalue weighted by molar-refractivity contribution is 0.976. The van der Waals surface area contributed by atoms with Gasteiger partial charge in [0.25, 0.3) is 0 Å². The lowest BCUT2D eigenvalue weighted by Crippen LogP contribution is -2.21. The molecule has 0 spiro atoms.